The van der Waals surface area contributed by atoms with Crippen LogP contribution < -0.4 is 17.0 Å². The van der Waals surface area contributed by atoms with Crippen molar-refractivity contribution in [1.82, 2.24) is 0 Å². The van der Waals surface area contributed by atoms with Crippen molar-refractivity contribution in [3.8, 4) is 0 Å². The van der Waals surface area contributed by atoms with Crippen molar-refractivity contribution in [2.75, 3.05) is 0 Å². The maximum absolute atomic E-state index is 2.55. The van der Waals surface area contributed by atoms with E-state index < -0.39 is 0 Å². The van der Waals surface area contributed by atoms with Gasteiger partial charge in [0, 0.05) is 0 Å². The number of unbranched alkanes of at least 4 members (excludes halogenated alkanes) is 1. The normalized spacial score (nSPS) is 27.5. The average Bonchev–Trinajstić information content (AvgIpc) is 2.31. The molecule has 0 aliphatic heterocycles. The molecule has 12 heavy (non-hydrogen) atoms. The van der Waals surface area contributed by atoms with Crippen LogP contribution in [0.15, 0.2) is 0 Å². The van der Waals surface area contributed by atoms with E-state index in [-0.39, 0.29) is 40.0 Å². The first-order valence-electron chi connectivity index (χ1n) is 4.68. The van der Waals surface area contributed by atoms with Gasteiger partial charge in [-0.25, -0.2) is 0 Å². The zero-order chi connectivity index (χ0) is 7.40. The van der Waals surface area contributed by atoms with Gasteiger partial charge < -0.3 is 23.4 Å². The summed E-state index contributed by atoms with van der Waals surface area (Å²) in [6, 6.07) is 0. The van der Waals surface area contributed by atoms with Crippen LogP contribution in [0.25, 0.3) is 0 Å². The smallest absolute Gasteiger partial charge is 1.00 e. The van der Waals surface area contributed by atoms with E-state index in [1.54, 1.807) is 0 Å². The molecule has 1 saturated carbocycles. The first kappa shape index (κ1) is 15.7. The SMILES string of the molecule is CCCCC1[CH-]C(C)CC1.[Br-].[Mg+2]. The molecule has 0 bridgehead atoms. The Balaban J connectivity index is 0. The number of halogens is 1. The third-order valence-electron chi connectivity index (χ3n) is 2.52. The molecule has 1 aliphatic carbocycles. The first-order chi connectivity index (χ1) is 4.83. The fraction of sp³-hybridized carbons (Fsp3) is 0.900. The van der Waals surface area contributed by atoms with Crippen LogP contribution in [-0.2, 0) is 0 Å². The van der Waals surface area contributed by atoms with Gasteiger partial charge in [-0.15, -0.1) is 0 Å². The Labute approximate surface area is 104 Å². The van der Waals surface area contributed by atoms with Gasteiger partial charge in [0.1, 0.15) is 0 Å². The van der Waals surface area contributed by atoms with E-state index in [0.29, 0.717) is 0 Å². The van der Waals surface area contributed by atoms with E-state index in [1.165, 1.54) is 32.1 Å². The predicted octanol–water partition coefficient (Wildman–Crippen LogP) is 0.0502. The zero-order valence-corrected chi connectivity index (χ0v) is 11.4. The topological polar surface area (TPSA) is 0 Å². The predicted molar refractivity (Wildman–Crippen MR) is 51.5 cm³/mol. The summed E-state index contributed by atoms with van der Waals surface area (Å²) in [5.41, 5.74) is 0. The second kappa shape index (κ2) is 8.83. The molecule has 0 aromatic rings. The van der Waals surface area contributed by atoms with Gasteiger partial charge in [0.2, 0.25) is 0 Å². The van der Waals surface area contributed by atoms with Gasteiger partial charge in [-0.05, 0) is 0 Å². The van der Waals surface area contributed by atoms with Gasteiger partial charge in [-0.2, -0.15) is 11.8 Å². The van der Waals surface area contributed by atoms with Gasteiger partial charge in [0.15, 0.2) is 0 Å². The van der Waals surface area contributed by atoms with Crippen molar-refractivity contribution in [3.63, 3.8) is 0 Å². The number of hydrogen-bond donors (Lipinski definition) is 0. The van der Waals surface area contributed by atoms with Crippen molar-refractivity contribution in [1.29, 1.82) is 0 Å². The van der Waals surface area contributed by atoms with Crippen LogP contribution in [-0.4, -0.2) is 23.1 Å². The summed E-state index contributed by atoms with van der Waals surface area (Å²) in [6.07, 6.45) is 9.68. The molecule has 0 N–H and O–H groups in total. The van der Waals surface area contributed by atoms with E-state index in [1.807, 2.05) is 0 Å². The molecule has 2 atom stereocenters. The molecule has 1 fully saturated rings. The molecule has 2 heteroatoms. The minimum absolute atomic E-state index is 0. The Kier molecular flexibility index (Phi) is 11.6. The summed E-state index contributed by atoms with van der Waals surface area (Å²) >= 11 is 0. The summed E-state index contributed by atoms with van der Waals surface area (Å²) < 4.78 is 0. The molecule has 0 aromatic heterocycles. The Morgan fingerprint density at radius 2 is 2.00 bits per heavy atom. The maximum Gasteiger partial charge on any atom is 2.00 e. The quantitative estimate of drug-likeness (QED) is 0.485. The molecule has 0 heterocycles. The van der Waals surface area contributed by atoms with Crippen molar-refractivity contribution < 1.29 is 17.0 Å². The monoisotopic (exact) mass is 242 g/mol. The second-order valence-electron chi connectivity index (χ2n) is 3.65. The van der Waals surface area contributed by atoms with E-state index in [2.05, 4.69) is 20.3 Å². The fourth-order valence-corrected chi connectivity index (χ4v) is 1.84. The minimum Gasteiger partial charge on any atom is -1.00 e. The fourth-order valence-electron chi connectivity index (χ4n) is 1.84. The molecule has 0 saturated heterocycles. The van der Waals surface area contributed by atoms with Crippen LogP contribution in [0, 0.1) is 18.3 Å². The summed E-state index contributed by atoms with van der Waals surface area (Å²) in [6.45, 7) is 4.62. The minimum atomic E-state index is 0. The molecule has 0 amide bonds. The Morgan fingerprint density at radius 3 is 2.42 bits per heavy atom. The van der Waals surface area contributed by atoms with E-state index in [0.717, 1.165) is 11.8 Å². The van der Waals surface area contributed by atoms with E-state index >= 15 is 0 Å². The third kappa shape index (κ3) is 5.82. The van der Waals surface area contributed by atoms with Crippen molar-refractivity contribution in [3.05, 3.63) is 6.42 Å². The summed E-state index contributed by atoms with van der Waals surface area (Å²) in [4.78, 5) is 0. The molecule has 1 aliphatic rings. The summed E-state index contributed by atoms with van der Waals surface area (Å²) in [5.74, 6) is 1.87. The Morgan fingerprint density at radius 1 is 1.33 bits per heavy atom. The van der Waals surface area contributed by atoms with Crippen molar-refractivity contribution >= 4 is 23.1 Å². The molecular weight excluding hydrogens is 224 g/mol. The van der Waals surface area contributed by atoms with Gasteiger partial charge in [-0.3, -0.25) is 0 Å². The van der Waals surface area contributed by atoms with Crippen LogP contribution in [0.3, 0.4) is 0 Å². The molecule has 2 unspecified atom stereocenters. The number of hydrogen-bond acceptors (Lipinski definition) is 0. The molecule has 1 rings (SSSR count). The molecule has 0 radical (unpaired) electrons. The van der Waals surface area contributed by atoms with Crippen molar-refractivity contribution in [2.24, 2.45) is 11.8 Å². The second-order valence-corrected chi connectivity index (χ2v) is 3.65. The molecular formula is C10H19BrMg. The van der Waals surface area contributed by atoms with Crippen LogP contribution in [0.2, 0.25) is 0 Å². The zero-order valence-electron chi connectivity index (χ0n) is 8.35. The average molecular weight is 243 g/mol. The van der Waals surface area contributed by atoms with E-state index in [9.17, 15) is 0 Å². The Hall–Kier alpha value is 1.25. The van der Waals surface area contributed by atoms with Crippen LogP contribution >= 0.6 is 0 Å². The standard InChI is InChI=1S/C10H19.BrH.Mg/c1-3-4-5-10-7-6-9(2)8-10;;/h8-10H,3-7H2,1-2H3;1H;/q-1;;+2/p-1. The van der Waals surface area contributed by atoms with Crippen LogP contribution in [0.4, 0.5) is 0 Å². The summed E-state index contributed by atoms with van der Waals surface area (Å²) in [5, 5.41) is 0. The number of rotatable bonds is 3. The maximum atomic E-state index is 2.55. The summed E-state index contributed by atoms with van der Waals surface area (Å²) in [7, 11) is 0. The van der Waals surface area contributed by atoms with Crippen LogP contribution in [0.5, 0.6) is 0 Å². The molecule has 0 nitrogen and oxygen atoms in total. The van der Waals surface area contributed by atoms with E-state index in [4.69, 9.17) is 0 Å². The molecule has 0 aromatic carbocycles. The molecule has 68 valence electrons. The Bertz CT molecular complexity index is 95.8. The van der Waals surface area contributed by atoms with Gasteiger partial charge in [0.05, 0.1) is 0 Å². The van der Waals surface area contributed by atoms with Gasteiger partial charge in [0.25, 0.3) is 0 Å². The van der Waals surface area contributed by atoms with Crippen LogP contribution in [0.1, 0.15) is 46.0 Å². The third-order valence-corrected chi connectivity index (χ3v) is 2.52. The van der Waals surface area contributed by atoms with Gasteiger partial charge in [-0.1, -0.05) is 46.0 Å². The van der Waals surface area contributed by atoms with Gasteiger partial charge >= 0.3 is 23.1 Å². The molecule has 0 spiro atoms. The first-order valence-corrected chi connectivity index (χ1v) is 4.68. The van der Waals surface area contributed by atoms with Crippen molar-refractivity contribution in [2.45, 2.75) is 46.0 Å². The largest absolute Gasteiger partial charge is 2.00 e.